The van der Waals surface area contributed by atoms with Crippen LogP contribution in [-0.2, 0) is 19.6 Å². The molecule has 1 atom stereocenters. The zero-order chi connectivity index (χ0) is 24.5. The molecule has 0 aliphatic heterocycles. The molecule has 0 saturated carbocycles. The molecule has 172 valence electrons. The van der Waals surface area contributed by atoms with Gasteiger partial charge in [0.2, 0.25) is 10.0 Å². The van der Waals surface area contributed by atoms with E-state index in [-0.39, 0.29) is 18.0 Å². The van der Waals surface area contributed by atoms with E-state index in [4.69, 9.17) is 11.2 Å². The Bertz CT molecular complexity index is 1170. The summed E-state index contributed by atoms with van der Waals surface area (Å²) in [6, 6.07) is 16.0. The van der Waals surface area contributed by atoms with Crippen LogP contribution >= 0.6 is 0 Å². The molecule has 0 bridgehead atoms. The van der Waals surface area contributed by atoms with Crippen molar-refractivity contribution in [1.82, 2.24) is 4.31 Å². The van der Waals surface area contributed by atoms with Crippen LogP contribution in [0.2, 0.25) is 0 Å². The molecule has 0 radical (unpaired) electrons. The number of esters is 1. The average Bonchev–Trinajstić information content (AvgIpc) is 2.77. The molecule has 0 aliphatic rings. The molecular weight excluding hydrogens is 434 g/mol. The summed E-state index contributed by atoms with van der Waals surface area (Å²) in [7, 11) is -3.80. The number of terminal acetylenes is 1. The number of aryl methyl sites for hydroxylation is 1. The lowest BCUT2D eigenvalue weighted by molar-refractivity contribution is -0.154. The summed E-state index contributed by atoms with van der Waals surface area (Å²) in [5, 5.41) is 0. The largest absolute Gasteiger partial charge is 0.444 e. The third kappa shape index (κ3) is 7.95. The van der Waals surface area contributed by atoms with Gasteiger partial charge in [-0.25, -0.2) is 8.42 Å². The molecular formula is C27H29NO4S. The highest BCUT2D eigenvalue weighted by Gasteiger charge is 2.25. The molecule has 0 aromatic heterocycles. The SMILES string of the molecule is C#CC(/C=C/CN(CC#Cc1ccccc1)S(=O)(=O)c1ccc(C)cc1)OC(=O)C(C)(C)C. The standard InChI is InChI=1S/C27H29NO4S/c1-6-24(32-26(29)27(3,4)5)15-11-21-28(20-10-14-23-12-8-7-9-13-23)33(30,31)25-18-16-22(2)17-19-25/h1,7-9,11-13,15-19,24H,20-21H2,2-5H3/b15-11+. The predicted octanol–water partition coefficient (Wildman–Crippen LogP) is 4.18. The average molecular weight is 464 g/mol. The third-order valence-electron chi connectivity index (χ3n) is 4.55. The van der Waals surface area contributed by atoms with Crippen molar-refractivity contribution in [3.8, 4) is 24.2 Å². The number of hydrogen-bond acceptors (Lipinski definition) is 4. The monoisotopic (exact) mass is 463 g/mol. The second-order valence-electron chi connectivity index (χ2n) is 8.45. The van der Waals surface area contributed by atoms with E-state index in [1.165, 1.54) is 10.4 Å². The molecule has 0 heterocycles. The van der Waals surface area contributed by atoms with Gasteiger partial charge in [0, 0.05) is 12.1 Å². The smallest absolute Gasteiger partial charge is 0.312 e. The molecule has 0 amide bonds. The lowest BCUT2D eigenvalue weighted by atomic mass is 9.97. The summed E-state index contributed by atoms with van der Waals surface area (Å²) in [5.74, 6) is 7.87. The maximum Gasteiger partial charge on any atom is 0.312 e. The predicted molar refractivity (Wildman–Crippen MR) is 131 cm³/mol. The van der Waals surface area contributed by atoms with Crippen molar-refractivity contribution in [2.24, 2.45) is 5.41 Å². The molecule has 0 saturated heterocycles. The Balaban J connectivity index is 2.24. The second-order valence-corrected chi connectivity index (χ2v) is 10.4. The Labute approximate surface area is 197 Å². The topological polar surface area (TPSA) is 63.7 Å². The fraction of sp³-hybridized carbons (Fsp3) is 0.296. The van der Waals surface area contributed by atoms with Crippen LogP contribution in [0.3, 0.4) is 0 Å². The summed E-state index contributed by atoms with van der Waals surface area (Å²) in [4.78, 5) is 12.3. The van der Waals surface area contributed by atoms with E-state index in [9.17, 15) is 13.2 Å². The maximum absolute atomic E-state index is 13.2. The molecule has 2 aromatic rings. The number of nitrogens with zero attached hydrogens (tertiary/aromatic N) is 1. The van der Waals surface area contributed by atoms with Crippen molar-refractivity contribution in [2.45, 2.75) is 38.7 Å². The van der Waals surface area contributed by atoms with Gasteiger partial charge in [0.1, 0.15) is 0 Å². The Morgan fingerprint density at radius 1 is 1.12 bits per heavy atom. The van der Waals surface area contributed by atoms with Gasteiger partial charge in [0.05, 0.1) is 16.9 Å². The van der Waals surface area contributed by atoms with Gasteiger partial charge in [-0.15, -0.1) is 6.42 Å². The fourth-order valence-corrected chi connectivity index (χ4v) is 3.88. The highest BCUT2D eigenvalue weighted by molar-refractivity contribution is 7.89. The first-order valence-electron chi connectivity index (χ1n) is 10.5. The van der Waals surface area contributed by atoms with Crippen LogP contribution < -0.4 is 0 Å². The molecule has 5 nitrogen and oxygen atoms in total. The van der Waals surface area contributed by atoms with Crippen molar-refractivity contribution in [1.29, 1.82) is 0 Å². The molecule has 2 aromatic carbocycles. The van der Waals surface area contributed by atoms with Crippen LogP contribution in [0, 0.1) is 36.5 Å². The van der Waals surface area contributed by atoms with E-state index in [1.807, 2.05) is 37.3 Å². The van der Waals surface area contributed by atoms with Gasteiger partial charge in [0.25, 0.3) is 0 Å². The molecule has 0 spiro atoms. The van der Waals surface area contributed by atoms with Crippen molar-refractivity contribution >= 4 is 16.0 Å². The molecule has 1 unspecified atom stereocenters. The number of carbonyl (C=O) groups is 1. The number of benzene rings is 2. The maximum atomic E-state index is 13.2. The van der Waals surface area contributed by atoms with Gasteiger partial charge in [-0.3, -0.25) is 4.79 Å². The van der Waals surface area contributed by atoms with Crippen LogP contribution in [0.25, 0.3) is 0 Å². The van der Waals surface area contributed by atoms with E-state index >= 15 is 0 Å². The fourth-order valence-electron chi connectivity index (χ4n) is 2.58. The lowest BCUT2D eigenvalue weighted by Gasteiger charge is -2.20. The molecule has 0 N–H and O–H groups in total. The summed E-state index contributed by atoms with van der Waals surface area (Å²) in [6.45, 7) is 7.08. The van der Waals surface area contributed by atoms with Gasteiger partial charge >= 0.3 is 5.97 Å². The van der Waals surface area contributed by atoms with E-state index in [0.717, 1.165) is 11.1 Å². The Morgan fingerprint density at radius 2 is 1.76 bits per heavy atom. The summed E-state index contributed by atoms with van der Waals surface area (Å²) in [5.41, 5.74) is 1.06. The van der Waals surface area contributed by atoms with Crippen molar-refractivity contribution in [2.75, 3.05) is 13.1 Å². The highest BCUT2D eigenvalue weighted by atomic mass is 32.2. The van der Waals surface area contributed by atoms with Gasteiger partial charge in [-0.2, -0.15) is 4.31 Å². The van der Waals surface area contributed by atoms with Crippen molar-refractivity contribution in [3.63, 3.8) is 0 Å². The van der Waals surface area contributed by atoms with Crippen molar-refractivity contribution < 1.29 is 17.9 Å². The number of ether oxygens (including phenoxy) is 1. The molecule has 6 heteroatoms. The van der Waals surface area contributed by atoms with Gasteiger partial charge in [-0.05, 0) is 58.0 Å². The first-order chi connectivity index (χ1) is 15.5. The van der Waals surface area contributed by atoms with Crippen LogP contribution in [0.1, 0.15) is 31.9 Å². The number of rotatable bonds is 7. The van der Waals surface area contributed by atoms with Gasteiger partial charge < -0.3 is 4.74 Å². The quantitative estimate of drug-likeness (QED) is 0.351. The second kappa shape index (κ2) is 11.5. The number of carbonyl (C=O) groups excluding carboxylic acids is 1. The number of hydrogen-bond donors (Lipinski definition) is 0. The minimum absolute atomic E-state index is 0.0159. The summed E-state index contributed by atoms with van der Waals surface area (Å²) >= 11 is 0. The molecule has 33 heavy (non-hydrogen) atoms. The third-order valence-corrected chi connectivity index (χ3v) is 6.38. The Kier molecular flexibility index (Phi) is 9.05. The van der Waals surface area contributed by atoms with E-state index in [0.29, 0.717) is 0 Å². The zero-order valence-corrected chi connectivity index (χ0v) is 20.2. The first-order valence-corrected chi connectivity index (χ1v) is 11.9. The van der Waals surface area contributed by atoms with E-state index in [2.05, 4.69) is 17.8 Å². The van der Waals surface area contributed by atoms with Gasteiger partial charge in [-0.1, -0.05) is 59.7 Å². The number of sulfonamides is 1. The first kappa shape index (κ1) is 25.9. The molecule has 0 aliphatic carbocycles. The Hall–Kier alpha value is -3.32. The van der Waals surface area contributed by atoms with Crippen LogP contribution in [-0.4, -0.2) is 37.9 Å². The minimum Gasteiger partial charge on any atom is -0.444 e. The van der Waals surface area contributed by atoms with Crippen LogP contribution in [0.4, 0.5) is 0 Å². The Morgan fingerprint density at radius 3 is 2.33 bits per heavy atom. The van der Waals surface area contributed by atoms with Crippen LogP contribution in [0.15, 0.2) is 71.6 Å². The summed E-state index contributed by atoms with van der Waals surface area (Å²) in [6.07, 6.45) is 7.68. The van der Waals surface area contributed by atoms with Gasteiger partial charge in [0.15, 0.2) is 6.10 Å². The summed E-state index contributed by atoms with van der Waals surface area (Å²) < 4.78 is 33.0. The van der Waals surface area contributed by atoms with Crippen LogP contribution in [0.5, 0.6) is 0 Å². The highest BCUT2D eigenvalue weighted by Crippen LogP contribution is 2.18. The van der Waals surface area contributed by atoms with E-state index in [1.54, 1.807) is 51.1 Å². The normalized spacial score (nSPS) is 12.6. The zero-order valence-electron chi connectivity index (χ0n) is 19.4. The van der Waals surface area contributed by atoms with E-state index < -0.39 is 27.5 Å². The molecule has 2 rings (SSSR count). The van der Waals surface area contributed by atoms with Crippen molar-refractivity contribution in [3.05, 3.63) is 77.9 Å². The molecule has 0 fully saturated rings. The lowest BCUT2D eigenvalue weighted by Crippen LogP contribution is -2.32. The minimum atomic E-state index is -3.80.